The van der Waals surface area contributed by atoms with Crippen LogP contribution in [-0.4, -0.2) is 48.6 Å². The van der Waals surface area contributed by atoms with Crippen LogP contribution >= 0.6 is 34.5 Å². The summed E-state index contributed by atoms with van der Waals surface area (Å²) in [7, 11) is 1.59. The molecule has 2 N–H and O–H groups in total. The van der Waals surface area contributed by atoms with E-state index < -0.39 is 0 Å². The third-order valence-electron chi connectivity index (χ3n) is 5.30. The zero-order chi connectivity index (χ0) is 25.2. The molecule has 0 saturated heterocycles. The van der Waals surface area contributed by atoms with Crippen LogP contribution in [0.25, 0.3) is 0 Å². The van der Waals surface area contributed by atoms with Gasteiger partial charge in [0.15, 0.2) is 0 Å². The number of nitrogens with zero attached hydrogens (tertiary/aromatic N) is 2. The van der Waals surface area contributed by atoms with Crippen LogP contribution in [0.15, 0.2) is 47.8 Å². The van der Waals surface area contributed by atoms with Crippen LogP contribution in [0.4, 0.5) is 10.5 Å². The Morgan fingerprint density at radius 1 is 1.14 bits per heavy atom. The normalized spacial score (nSPS) is 10.7. The second-order valence-electron chi connectivity index (χ2n) is 7.72. The van der Waals surface area contributed by atoms with Crippen LogP contribution in [0.5, 0.6) is 0 Å². The first kappa shape index (κ1) is 26.9. The summed E-state index contributed by atoms with van der Waals surface area (Å²) in [5.41, 5.74) is 3.05. The SMILES string of the molecule is CCc1ccccc1NC(=O)N(CCOC)Cc1nc(C(=O)NCCc2ccc(Cl)cc2Cl)cs1. The molecule has 7 nitrogen and oxygen atoms in total. The number of hydrogen-bond donors (Lipinski definition) is 2. The van der Waals surface area contributed by atoms with E-state index in [-0.39, 0.29) is 18.5 Å². The molecule has 0 fully saturated rings. The maximum absolute atomic E-state index is 13.0. The molecule has 0 saturated carbocycles. The van der Waals surface area contributed by atoms with Gasteiger partial charge in [-0.25, -0.2) is 9.78 Å². The van der Waals surface area contributed by atoms with Gasteiger partial charge in [0, 0.05) is 41.3 Å². The van der Waals surface area contributed by atoms with Crippen molar-refractivity contribution in [2.75, 3.05) is 32.1 Å². The van der Waals surface area contributed by atoms with E-state index in [2.05, 4.69) is 15.6 Å². The van der Waals surface area contributed by atoms with Crippen LogP contribution in [0.3, 0.4) is 0 Å². The molecule has 1 aromatic heterocycles. The van der Waals surface area contributed by atoms with Gasteiger partial charge in [0.25, 0.3) is 5.91 Å². The number of carbonyl (C=O) groups is 2. The van der Waals surface area contributed by atoms with Crippen molar-refractivity contribution in [2.24, 2.45) is 0 Å². The van der Waals surface area contributed by atoms with Crippen molar-refractivity contribution < 1.29 is 14.3 Å². The second-order valence-corrected chi connectivity index (χ2v) is 9.51. The largest absolute Gasteiger partial charge is 0.383 e. The summed E-state index contributed by atoms with van der Waals surface area (Å²) in [5.74, 6) is -0.276. The van der Waals surface area contributed by atoms with E-state index in [9.17, 15) is 9.59 Å². The topological polar surface area (TPSA) is 83.6 Å². The van der Waals surface area contributed by atoms with Crippen molar-refractivity contribution in [1.29, 1.82) is 0 Å². The number of hydrogen-bond acceptors (Lipinski definition) is 5. The van der Waals surface area contributed by atoms with Crippen molar-refractivity contribution in [2.45, 2.75) is 26.3 Å². The first-order valence-corrected chi connectivity index (χ1v) is 12.8. The molecular formula is C25H28Cl2N4O3S. The summed E-state index contributed by atoms with van der Waals surface area (Å²) in [6.45, 7) is 3.49. The third kappa shape index (κ3) is 7.93. The number of thiazole rings is 1. The van der Waals surface area contributed by atoms with Crippen LogP contribution in [0.1, 0.15) is 33.5 Å². The van der Waals surface area contributed by atoms with Crippen LogP contribution in [-0.2, 0) is 24.1 Å². The van der Waals surface area contributed by atoms with E-state index in [1.807, 2.05) is 37.3 Å². The Balaban J connectivity index is 1.59. The number of carbonyl (C=O) groups excluding carboxylic acids is 2. The van der Waals surface area contributed by atoms with Crippen molar-refractivity contribution >= 4 is 52.2 Å². The molecule has 10 heteroatoms. The molecule has 3 aromatic rings. The molecule has 3 rings (SSSR count). The van der Waals surface area contributed by atoms with E-state index in [0.29, 0.717) is 46.9 Å². The Morgan fingerprint density at radius 3 is 2.69 bits per heavy atom. The van der Waals surface area contributed by atoms with Crippen LogP contribution in [0, 0.1) is 0 Å². The van der Waals surface area contributed by atoms with Gasteiger partial charge in [-0.1, -0.05) is 54.4 Å². The zero-order valence-corrected chi connectivity index (χ0v) is 22.0. The Bertz CT molecular complexity index is 1160. The van der Waals surface area contributed by atoms with Crippen molar-refractivity contribution in [3.63, 3.8) is 0 Å². The highest BCUT2D eigenvalue weighted by atomic mass is 35.5. The molecule has 0 radical (unpaired) electrons. The molecule has 35 heavy (non-hydrogen) atoms. The molecule has 0 atom stereocenters. The molecule has 0 bridgehead atoms. The maximum Gasteiger partial charge on any atom is 0.322 e. The molecule has 2 aromatic carbocycles. The molecule has 3 amide bonds. The monoisotopic (exact) mass is 534 g/mol. The van der Waals surface area contributed by atoms with Gasteiger partial charge in [0.05, 0.1) is 13.2 Å². The Morgan fingerprint density at radius 2 is 1.94 bits per heavy atom. The standard InChI is InChI=1S/C25H28Cl2N4O3S/c1-3-17-6-4-5-7-21(17)30-25(33)31(12-13-34-2)15-23-29-22(16-35-23)24(32)28-11-10-18-8-9-19(26)14-20(18)27/h4-9,14,16H,3,10-13,15H2,1-2H3,(H,28,32)(H,30,33). The minimum atomic E-state index is -0.276. The number of methoxy groups -OCH3 is 1. The summed E-state index contributed by atoms with van der Waals surface area (Å²) < 4.78 is 5.17. The quantitative estimate of drug-likeness (QED) is 0.332. The Kier molecular flexibility index (Phi) is 10.3. The van der Waals surface area contributed by atoms with Crippen molar-refractivity contribution in [3.8, 4) is 0 Å². The maximum atomic E-state index is 13.0. The fourth-order valence-electron chi connectivity index (χ4n) is 3.38. The van der Waals surface area contributed by atoms with Gasteiger partial charge in [-0.3, -0.25) is 4.79 Å². The predicted octanol–water partition coefficient (Wildman–Crippen LogP) is 5.67. The van der Waals surface area contributed by atoms with Crippen molar-refractivity contribution in [1.82, 2.24) is 15.2 Å². The lowest BCUT2D eigenvalue weighted by atomic mass is 10.1. The number of aryl methyl sites for hydroxylation is 1. The lowest BCUT2D eigenvalue weighted by Gasteiger charge is -2.22. The van der Waals surface area contributed by atoms with Crippen molar-refractivity contribution in [3.05, 3.63) is 79.7 Å². The number of rotatable bonds is 11. The first-order valence-electron chi connectivity index (χ1n) is 11.2. The minimum absolute atomic E-state index is 0.246. The van der Waals surface area contributed by atoms with Crippen LogP contribution < -0.4 is 10.6 Å². The van der Waals surface area contributed by atoms with Gasteiger partial charge >= 0.3 is 6.03 Å². The summed E-state index contributed by atoms with van der Waals surface area (Å²) in [6.07, 6.45) is 1.38. The second kappa shape index (κ2) is 13.4. The summed E-state index contributed by atoms with van der Waals surface area (Å²) in [5, 5.41) is 9.33. The number of aromatic nitrogens is 1. The average molecular weight is 535 g/mol. The fraction of sp³-hybridized carbons (Fsp3) is 0.320. The highest BCUT2D eigenvalue weighted by Gasteiger charge is 2.18. The molecule has 0 aliphatic rings. The van der Waals surface area contributed by atoms with E-state index >= 15 is 0 Å². The fourth-order valence-corrected chi connectivity index (χ4v) is 4.67. The number of nitrogens with one attached hydrogen (secondary N) is 2. The predicted molar refractivity (Wildman–Crippen MR) is 142 cm³/mol. The van der Waals surface area contributed by atoms with Crippen LogP contribution in [0.2, 0.25) is 10.0 Å². The Hall–Kier alpha value is -2.65. The number of amides is 3. The number of anilines is 1. The van der Waals surface area contributed by atoms with Gasteiger partial charge < -0.3 is 20.3 Å². The summed E-state index contributed by atoms with van der Waals surface area (Å²) >= 11 is 13.4. The molecule has 186 valence electrons. The molecule has 0 aliphatic heterocycles. The first-order chi connectivity index (χ1) is 16.9. The number of halogens is 2. The highest BCUT2D eigenvalue weighted by Crippen LogP contribution is 2.21. The molecule has 0 spiro atoms. The van der Waals surface area contributed by atoms with Gasteiger partial charge in [-0.15, -0.1) is 11.3 Å². The molecular weight excluding hydrogens is 507 g/mol. The third-order valence-corrected chi connectivity index (χ3v) is 6.72. The zero-order valence-electron chi connectivity index (χ0n) is 19.6. The van der Waals surface area contributed by atoms with Gasteiger partial charge in [0.2, 0.25) is 0 Å². The van der Waals surface area contributed by atoms with E-state index in [0.717, 1.165) is 23.2 Å². The molecule has 0 aliphatic carbocycles. The van der Waals surface area contributed by atoms with E-state index in [1.54, 1.807) is 29.5 Å². The Labute approximate surface area is 219 Å². The molecule has 0 unspecified atom stereocenters. The van der Waals surface area contributed by atoms with Gasteiger partial charge in [-0.2, -0.15) is 0 Å². The summed E-state index contributed by atoms with van der Waals surface area (Å²) in [6, 6.07) is 12.8. The van der Waals surface area contributed by atoms with E-state index in [4.69, 9.17) is 27.9 Å². The van der Waals surface area contributed by atoms with Gasteiger partial charge in [-0.05, 0) is 42.2 Å². The summed E-state index contributed by atoms with van der Waals surface area (Å²) in [4.78, 5) is 31.6. The number of urea groups is 1. The number of benzene rings is 2. The molecule has 1 heterocycles. The van der Waals surface area contributed by atoms with Gasteiger partial charge in [0.1, 0.15) is 10.7 Å². The lowest BCUT2D eigenvalue weighted by molar-refractivity contribution is 0.0949. The average Bonchev–Trinajstić information content (AvgIpc) is 3.32. The minimum Gasteiger partial charge on any atom is -0.383 e. The number of para-hydroxylation sites is 1. The number of ether oxygens (including phenoxy) is 1. The smallest absolute Gasteiger partial charge is 0.322 e. The highest BCUT2D eigenvalue weighted by molar-refractivity contribution is 7.09. The van der Waals surface area contributed by atoms with E-state index in [1.165, 1.54) is 11.3 Å². The lowest BCUT2D eigenvalue weighted by Crippen LogP contribution is -2.37.